The number of para-hydroxylation sites is 1. The lowest BCUT2D eigenvalue weighted by Crippen LogP contribution is -2.15. The fourth-order valence-corrected chi connectivity index (χ4v) is 3.85. The van der Waals surface area contributed by atoms with Crippen LogP contribution in [0.1, 0.15) is 25.3 Å². The van der Waals surface area contributed by atoms with Crippen molar-refractivity contribution < 1.29 is 19.0 Å². The summed E-state index contributed by atoms with van der Waals surface area (Å²) in [5, 5.41) is 12.0. The Morgan fingerprint density at radius 1 is 1.16 bits per heavy atom. The second kappa shape index (κ2) is 9.74. The largest absolute Gasteiger partial charge is 0.490 e. The SMILES string of the molecule is C[C@H](Oc1ccccc1)c1nnc(SCC(=O)Nc2ccc3c(c2)OCCCO3)n1C. The molecule has 2 aromatic carbocycles. The average molecular weight is 441 g/mol. The van der Waals surface area contributed by atoms with Crippen molar-refractivity contribution >= 4 is 23.4 Å². The Morgan fingerprint density at radius 2 is 1.94 bits per heavy atom. The molecule has 4 rings (SSSR count). The van der Waals surface area contributed by atoms with Gasteiger partial charge >= 0.3 is 0 Å². The molecule has 2 heterocycles. The Kier molecular flexibility index (Phi) is 6.61. The molecule has 31 heavy (non-hydrogen) atoms. The molecule has 0 bridgehead atoms. The molecular weight excluding hydrogens is 416 g/mol. The van der Waals surface area contributed by atoms with Crippen molar-refractivity contribution in [3.05, 3.63) is 54.4 Å². The number of thioether (sulfide) groups is 1. The van der Waals surface area contributed by atoms with Crippen molar-refractivity contribution in [2.75, 3.05) is 24.3 Å². The summed E-state index contributed by atoms with van der Waals surface area (Å²) >= 11 is 1.32. The molecule has 1 amide bonds. The molecule has 0 fully saturated rings. The third kappa shape index (κ3) is 5.29. The minimum Gasteiger partial charge on any atom is -0.490 e. The zero-order valence-corrected chi connectivity index (χ0v) is 18.2. The first kappa shape index (κ1) is 21.0. The van der Waals surface area contributed by atoms with Crippen LogP contribution in [0.5, 0.6) is 17.2 Å². The van der Waals surface area contributed by atoms with Crippen molar-refractivity contribution in [2.24, 2.45) is 7.05 Å². The number of hydrogen-bond acceptors (Lipinski definition) is 7. The molecule has 3 aromatic rings. The fourth-order valence-electron chi connectivity index (χ4n) is 3.13. The molecule has 1 N–H and O–H groups in total. The molecule has 1 aliphatic rings. The van der Waals surface area contributed by atoms with Crippen molar-refractivity contribution in [2.45, 2.75) is 24.6 Å². The van der Waals surface area contributed by atoms with Crippen LogP contribution in [-0.2, 0) is 11.8 Å². The second-order valence-electron chi connectivity index (χ2n) is 7.02. The summed E-state index contributed by atoms with van der Waals surface area (Å²) in [5.74, 6) is 2.86. The van der Waals surface area contributed by atoms with E-state index in [1.165, 1.54) is 11.8 Å². The maximum atomic E-state index is 12.4. The first-order valence-electron chi connectivity index (χ1n) is 10.0. The van der Waals surface area contributed by atoms with Gasteiger partial charge in [-0.15, -0.1) is 10.2 Å². The van der Waals surface area contributed by atoms with E-state index in [4.69, 9.17) is 14.2 Å². The minimum atomic E-state index is -0.273. The van der Waals surface area contributed by atoms with Gasteiger partial charge in [-0.2, -0.15) is 0 Å². The number of aromatic nitrogens is 3. The zero-order valence-electron chi connectivity index (χ0n) is 17.4. The Labute approximate surface area is 184 Å². The van der Waals surface area contributed by atoms with Gasteiger partial charge in [0, 0.05) is 25.2 Å². The highest BCUT2D eigenvalue weighted by molar-refractivity contribution is 7.99. The molecule has 162 valence electrons. The van der Waals surface area contributed by atoms with Crippen molar-refractivity contribution in [3.8, 4) is 17.2 Å². The third-order valence-corrected chi connectivity index (χ3v) is 5.67. The van der Waals surface area contributed by atoms with Gasteiger partial charge < -0.3 is 24.1 Å². The normalized spacial score (nSPS) is 13.9. The predicted octanol–water partition coefficient (Wildman–Crippen LogP) is 3.85. The summed E-state index contributed by atoms with van der Waals surface area (Å²) in [7, 11) is 1.87. The number of nitrogens with one attached hydrogen (secondary N) is 1. The van der Waals surface area contributed by atoms with E-state index in [1.54, 1.807) is 12.1 Å². The summed E-state index contributed by atoms with van der Waals surface area (Å²) in [5.41, 5.74) is 0.665. The lowest BCUT2D eigenvalue weighted by atomic mass is 10.2. The standard InChI is InChI=1S/C22H24N4O4S/c1-15(30-17-7-4-3-5-8-17)21-24-25-22(26(21)2)31-14-20(27)23-16-9-10-18-19(13-16)29-12-6-11-28-18/h3-5,7-10,13,15H,6,11-12,14H2,1-2H3,(H,23,27)/t15-/m0/s1. The van der Waals surface area contributed by atoms with Gasteiger partial charge in [0.25, 0.3) is 0 Å². The van der Waals surface area contributed by atoms with E-state index in [0.29, 0.717) is 41.4 Å². The molecule has 9 heteroatoms. The number of hydrogen-bond donors (Lipinski definition) is 1. The lowest BCUT2D eigenvalue weighted by molar-refractivity contribution is -0.113. The molecule has 0 saturated heterocycles. The number of carbonyl (C=O) groups excluding carboxylic acids is 1. The maximum absolute atomic E-state index is 12.4. The first-order chi connectivity index (χ1) is 15.1. The lowest BCUT2D eigenvalue weighted by Gasteiger charge is -2.14. The number of rotatable bonds is 7. The number of amides is 1. The van der Waals surface area contributed by atoms with Gasteiger partial charge in [0.15, 0.2) is 28.6 Å². The van der Waals surface area contributed by atoms with Gasteiger partial charge in [0.05, 0.1) is 19.0 Å². The monoisotopic (exact) mass is 440 g/mol. The molecule has 0 radical (unpaired) electrons. The van der Waals surface area contributed by atoms with Crippen LogP contribution in [0.25, 0.3) is 0 Å². The van der Waals surface area contributed by atoms with Gasteiger partial charge in [0.1, 0.15) is 5.75 Å². The summed E-state index contributed by atoms with van der Waals surface area (Å²) in [6.45, 7) is 3.15. The Hall–Kier alpha value is -3.20. The van der Waals surface area contributed by atoms with E-state index in [0.717, 1.165) is 12.2 Å². The molecule has 0 aliphatic carbocycles. The Balaban J connectivity index is 1.33. The van der Waals surface area contributed by atoms with E-state index in [9.17, 15) is 4.79 Å². The molecule has 1 aromatic heterocycles. The number of ether oxygens (including phenoxy) is 3. The Bertz CT molecular complexity index is 1040. The number of nitrogens with zero attached hydrogens (tertiary/aromatic N) is 3. The van der Waals surface area contributed by atoms with Crippen molar-refractivity contribution in [3.63, 3.8) is 0 Å². The van der Waals surface area contributed by atoms with Crippen LogP contribution in [0.2, 0.25) is 0 Å². The van der Waals surface area contributed by atoms with Crippen LogP contribution in [0, 0.1) is 0 Å². The van der Waals surface area contributed by atoms with Crippen molar-refractivity contribution in [1.29, 1.82) is 0 Å². The first-order valence-corrected chi connectivity index (χ1v) is 11.0. The van der Waals surface area contributed by atoms with E-state index in [2.05, 4.69) is 15.5 Å². The fraction of sp³-hybridized carbons (Fsp3) is 0.318. The highest BCUT2D eigenvalue weighted by Crippen LogP contribution is 2.32. The molecule has 0 saturated carbocycles. The second-order valence-corrected chi connectivity index (χ2v) is 7.96. The number of anilines is 1. The topological polar surface area (TPSA) is 87.5 Å². The van der Waals surface area contributed by atoms with Gasteiger partial charge in [-0.25, -0.2) is 0 Å². The maximum Gasteiger partial charge on any atom is 0.234 e. The molecular formula is C22H24N4O4S. The van der Waals surface area contributed by atoms with Crippen LogP contribution in [0.3, 0.4) is 0 Å². The highest BCUT2D eigenvalue weighted by atomic mass is 32.2. The molecule has 1 aliphatic heterocycles. The molecule has 8 nitrogen and oxygen atoms in total. The van der Waals surface area contributed by atoms with E-state index >= 15 is 0 Å². The van der Waals surface area contributed by atoms with Crippen LogP contribution in [0.15, 0.2) is 53.7 Å². The van der Waals surface area contributed by atoms with Gasteiger partial charge in [-0.3, -0.25) is 4.79 Å². The van der Waals surface area contributed by atoms with Crippen LogP contribution in [0.4, 0.5) is 5.69 Å². The van der Waals surface area contributed by atoms with Crippen LogP contribution < -0.4 is 19.5 Å². The third-order valence-electron chi connectivity index (χ3n) is 4.65. The zero-order chi connectivity index (χ0) is 21.6. The number of benzene rings is 2. The predicted molar refractivity (Wildman–Crippen MR) is 118 cm³/mol. The van der Waals surface area contributed by atoms with Gasteiger partial charge in [-0.05, 0) is 31.2 Å². The highest BCUT2D eigenvalue weighted by Gasteiger charge is 2.18. The number of fused-ring (bicyclic) bond motifs is 1. The van der Waals surface area contributed by atoms with E-state index in [-0.39, 0.29) is 17.8 Å². The summed E-state index contributed by atoms with van der Waals surface area (Å²) in [4.78, 5) is 12.4. The average Bonchev–Trinajstić information content (AvgIpc) is 2.98. The smallest absolute Gasteiger partial charge is 0.234 e. The molecule has 1 atom stereocenters. The van der Waals surface area contributed by atoms with Gasteiger partial charge in [0.2, 0.25) is 5.91 Å². The van der Waals surface area contributed by atoms with Crippen LogP contribution >= 0.6 is 11.8 Å². The quantitative estimate of drug-likeness (QED) is 0.559. The van der Waals surface area contributed by atoms with Crippen molar-refractivity contribution in [1.82, 2.24) is 14.8 Å². The number of carbonyl (C=O) groups is 1. The van der Waals surface area contributed by atoms with E-state index in [1.807, 2.05) is 54.9 Å². The summed E-state index contributed by atoms with van der Waals surface area (Å²) in [6, 6.07) is 15.0. The van der Waals surface area contributed by atoms with Crippen LogP contribution in [-0.4, -0.2) is 39.6 Å². The molecule has 0 unspecified atom stereocenters. The summed E-state index contributed by atoms with van der Waals surface area (Å²) in [6.07, 6.45) is 0.562. The Morgan fingerprint density at radius 3 is 2.74 bits per heavy atom. The van der Waals surface area contributed by atoms with E-state index < -0.39 is 0 Å². The molecule has 0 spiro atoms. The minimum absolute atomic E-state index is 0.141. The van der Waals surface area contributed by atoms with Gasteiger partial charge in [-0.1, -0.05) is 30.0 Å². The summed E-state index contributed by atoms with van der Waals surface area (Å²) < 4.78 is 19.1.